The fourth-order valence-electron chi connectivity index (χ4n) is 4.00. The van der Waals surface area contributed by atoms with Gasteiger partial charge >= 0.3 is 0 Å². The Kier molecular flexibility index (Phi) is 5.20. The van der Waals surface area contributed by atoms with Crippen LogP contribution in [-0.2, 0) is 6.54 Å². The topological polar surface area (TPSA) is 28.2 Å². The fourth-order valence-corrected chi connectivity index (χ4v) is 4.61. The Morgan fingerprint density at radius 2 is 2.09 bits per heavy atom. The first kappa shape index (κ1) is 16.4. The molecule has 3 nitrogen and oxygen atoms in total. The molecule has 1 saturated heterocycles. The van der Waals surface area contributed by atoms with Crippen LogP contribution in [0.5, 0.6) is 0 Å². The van der Waals surface area contributed by atoms with E-state index in [0.717, 1.165) is 18.5 Å². The highest BCUT2D eigenvalue weighted by Crippen LogP contribution is 2.37. The van der Waals surface area contributed by atoms with Gasteiger partial charge in [-0.15, -0.1) is 11.3 Å². The second-order valence-corrected chi connectivity index (χ2v) is 9.15. The van der Waals surface area contributed by atoms with Crippen molar-refractivity contribution in [1.29, 1.82) is 0 Å². The molecule has 1 atom stereocenters. The maximum Gasteiger partial charge on any atom is 0.0897 e. The standard InChI is InChI=1S/C18H31N3S/c1-14-20-17(13-22-14)12-21-8-5-15(6-9-21)11-19-16-4-7-18(2,3)10-16/h13,15-16,19H,4-12H2,1-3H3/t16-/m0/s1. The van der Waals surface area contributed by atoms with Crippen LogP contribution in [0.3, 0.4) is 0 Å². The minimum atomic E-state index is 0.562. The van der Waals surface area contributed by atoms with Crippen LogP contribution >= 0.6 is 11.3 Å². The summed E-state index contributed by atoms with van der Waals surface area (Å²) in [5.41, 5.74) is 1.82. The lowest BCUT2D eigenvalue weighted by Gasteiger charge is -2.32. The molecule has 1 aliphatic heterocycles. The molecule has 4 heteroatoms. The summed E-state index contributed by atoms with van der Waals surface area (Å²) < 4.78 is 0. The van der Waals surface area contributed by atoms with Crippen molar-refractivity contribution >= 4 is 11.3 Å². The van der Waals surface area contributed by atoms with Crippen LogP contribution in [-0.4, -0.2) is 35.6 Å². The third-order valence-corrected chi connectivity index (χ3v) is 6.25. The molecular formula is C18H31N3S. The van der Waals surface area contributed by atoms with Gasteiger partial charge < -0.3 is 5.32 Å². The van der Waals surface area contributed by atoms with Crippen LogP contribution in [0.4, 0.5) is 0 Å². The lowest BCUT2D eigenvalue weighted by Crippen LogP contribution is -2.39. The molecule has 2 heterocycles. The minimum absolute atomic E-state index is 0.562. The number of nitrogens with one attached hydrogen (secondary N) is 1. The van der Waals surface area contributed by atoms with Gasteiger partial charge in [0.1, 0.15) is 0 Å². The average Bonchev–Trinajstić information content (AvgIpc) is 3.04. The molecule has 0 spiro atoms. The molecule has 22 heavy (non-hydrogen) atoms. The summed E-state index contributed by atoms with van der Waals surface area (Å²) in [5.74, 6) is 0.872. The first-order chi connectivity index (χ1) is 10.5. The second kappa shape index (κ2) is 6.98. The maximum absolute atomic E-state index is 4.59. The Morgan fingerprint density at radius 3 is 2.68 bits per heavy atom. The number of piperidine rings is 1. The predicted molar refractivity (Wildman–Crippen MR) is 94.3 cm³/mol. The lowest BCUT2D eigenvalue weighted by atomic mass is 9.91. The molecule has 0 radical (unpaired) electrons. The molecule has 1 aromatic rings. The quantitative estimate of drug-likeness (QED) is 0.893. The maximum atomic E-state index is 4.59. The zero-order valence-corrected chi connectivity index (χ0v) is 15.2. The molecule has 3 rings (SSSR count). The highest BCUT2D eigenvalue weighted by atomic mass is 32.1. The Morgan fingerprint density at radius 1 is 1.32 bits per heavy atom. The van der Waals surface area contributed by atoms with Gasteiger partial charge in [-0.1, -0.05) is 13.8 Å². The summed E-state index contributed by atoms with van der Waals surface area (Å²) in [4.78, 5) is 7.16. The molecule has 0 unspecified atom stereocenters. The van der Waals surface area contributed by atoms with Gasteiger partial charge in [0.2, 0.25) is 0 Å². The van der Waals surface area contributed by atoms with Crippen LogP contribution < -0.4 is 5.32 Å². The van der Waals surface area contributed by atoms with E-state index in [2.05, 4.69) is 41.4 Å². The summed E-state index contributed by atoms with van der Waals surface area (Å²) in [7, 11) is 0. The Labute approximate surface area is 139 Å². The normalized spacial score (nSPS) is 26.6. The molecule has 1 N–H and O–H groups in total. The van der Waals surface area contributed by atoms with E-state index < -0.39 is 0 Å². The van der Waals surface area contributed by atoms with Crippen LogP contribution in [0.1, 0.15) is 56.7 Å². The van der Waals surface area contributed by atoms with Gasteiger partial charge in [-0.25, -0.2) is 4.98 Å². The average molecular weight is 322 g/mol. The van der Waals surface area contributed by atoms with Gasteiger partial charge in [0, 0.05) is 18.0 Å². The molecule has 0 bridgehead atoms. The first-order valence-corrected chi connectivity index (χ1v) is 9.75. The zero-order chi connectivity index (χ0) is 15.6. The number of hydrogen-bond donors (Lipinski definition) is 1. The van der Waals surface area contributed by atoms with Gasteiger partial charge in [0.25, 0.3) is 0 Å². The molecule has 1 aromatic heterocycles. The molecule has 0 amide bonds. The van der Waals surface area contributed by atoms with Crippen molar-refractivity contribution in [2.45, 2.75) is 65.5 Å². The number of nitrogens with zero attached hydrogens (tertiary/aromatic N) is 2. The van der Waals surface area contributed by atoms with Gasteiger partial charge in [0.15, 0.2) is 0 Å². The summed E-state index contributed by atoms with van der Waals surface area (Å²) in [5, 5.41) is 7.25. The second-order valence-electron chi connectivity index (χ2n) is 8.09. The summed E-state index contributed by atoms with van der Waals surface area (Å²) in [6, 6.07) is 0.769. The smallest absolute Gasteiger partial charge is 0.0897 e. The molecule has 1 aliphatic carbocycles. The monoisotopic (exact) mass is 321 g/mol. The number of aromatic nitrogens is 1. The Balaban J connectivity index is 1.35. The van der Waals surface area contributed by atoms with Crippen molar-refractivity contribution < 1.29 is 0 Å². The van der Waals surface area contributed by atoms with E-state index in [0.29, 0.717) is 5.41 Å². The van der Waals surface area contributed by atoms with Crippen molar-refractivity contribution in [3.8, 4) is 0 Å². The van der Waals surface area contributed by atoms with E-state index in [4.69, 9.17) is 0 Å². The molecule has 0 aromatic carbocycles. The highest BCUT2D eigenvalue weighted by molar-refractivity contribution is 7.09. The van der Waals surface area contributed by atoms with Crippen molar-refractivity contribution in [1.82, 2.24) is 15.2 Å². The van der Waals surface area contributed by atoms with Gasteiger partial charge in [-0.2, -0.15) is 0 Å². The minimum Gasteiger partial charge on any atom is -0.314 e. The largest absolute Gasteiger partial charge is 0.314 e. The Hall–Kier alpha value is -0.450. The molecule has 124 valence electrons. The number of hydrogen-bond acceptors (Lipinski definition) is 4. The van der Waals surface area contributed by atoms with Crippen molar-refractivity contribution in [3.63, 3.8) is 0 Å². The van der Waals surface area contributed by atoms with Crippen LogP contribution in [0, 0.1) is 18.3 Å². The predicted octanol–water partition coefficient (Wildman–Crippen LogP) is 3.83. The van der Waals surface area contributed by atoms with E-state index in [1.807, 2.05) is 0 Å². The lowest BCUT2D eigenvalue weighted by molar-refractivity contribution is 0.171. The van der Waals surface area contributed by atoms with E-state index in [9.17, 15) is 0 Å². The molecule has 2 fully saturated rings. The van der Waals surface area contributed by atoms with E-state index in [-0.39, 0.29) is 0 Å². The van der Waals surface area contributed by atoms with Crippen molar-refractivity contribution in [3.05, 3.63) is 16.1 Å². The van der Waals surface area contributed by atoms with Crippen LogP contribution in [0.2, 0.25) is 0 Å². The first-order valence-electron chi connectivity index (χ1n) is 8.87. The van der Waals surface area contributed by atoms with E-state index in [1.54, 1.807) is 11.3 Å². The number of thiazole rings is 1. The van der Waals surface area contributed by atoms with Gasteiger partial charge in [0.05, 0.1) is 10.7 Å². The molecule has 1 saturated carbocycles. The summed E-state index contributed by atoms with van der Waals surface area (Å²) in [6.07, 6.45) is 6.79. The van der Waals surface area contributed by atoms with E-state index in [1.165, 1.54) is 62.4 Å². The third-order valence-electron chi connectivity index (χ3n) is 5.42. The summed E-state index contributed by atoms with van der Waals surface area (Å²) >= 11 is 1.77. The number of aryl methyl sites for hydroxylation is 1. The zero-order valence-electron chi connectivity index (χ0n) is 14.4. The third kappa shape index (κ3) is 4.53. The SMILES string of the molecule is Cc1nc(CN2CCC(CN[C@H]3CCC(C)(C)C3)CC2)cs1. The highest BCUT2D eigenvalue weighted by Gasteiger charge is 2.31. The summed E-state index contributed by atoms with van der Waals surface area (Å²) in [6.45, 7) is 11.7. The molecular weight excluding hydrogens is 290 g/mol. The van der Waals surface area contributed by atoms with Gasteiger partial charge in [-0.05, 0) is 70.0 Å². The van der Waals surface area contributed by atoms with Crippen LogP contribution in [0.15, 0.2) is 5.38 Å². The molecule has 2 aliphatic rings. The van der Waals surface area contributed by atoms with Crippen molar-refractivity contribution in [2.24, 2.45) is 11.3 Å². The Bertz CT molecular complexity index is 474. The van der Waals surface area contributed by atoms with Crippen molar-refractivity contribution in [2.75, 3.05) is 19.6 Å². The van der Waals surface area contributed by atoms with Gasteiger partial charge in [-0.3, -0.25) is 4.90 Å². The fraction of sp³-hybridized carbons (Fsp3) is 0.833. The van der Waals surface area contributed by atoms with Crippen LogP contribution in [0.25, 0.3) is 0 Å². The van der Waals surface area contributed by atoms with E-state index >= 15 is 0 Å². The number of rotatable bonds is 5. The number of likely N-dealkylation sites (tertiary alicyclic amines) is 1.